The smallest absolute Gasteiger partial charge is 0.134 e. The van der Waals surface area contributed by atoms with Gasteiger partial charge in [0.15, 0.2) is 0 Å². The molecule has 5 nitrogen and oxygen atoms in total. The number of nitrogens with two attached hydrogens (primary N) is 1. The number of hydrogen-bond donors (Lipinski definition) is 2. The first kappa shape index (κ1) is 22.2. The summed E-state index contributed by atoms with van der Waals surface area (Å²) < 4.78 is 0. The Morgan fingerprint density at radius 2 is 1.92 bits per heavy atom. The molecule has 1 fully saturated rings. The number of anilines is 1. The monoisotopic (exact) mass is 406 g/mol. The number of para-hydroxylation sites is 1. The van der Waals surface area contributed by atoms with E-state index in [1.807, 2.05) is 25.1 Å². The largest absolute Gasteiger partial charge is 0.395 e. The van der Waals surface area contributed by atoms with Crippen LogP contribution in [-0.4, -0.2) is 54.3 Å². The molecule has 1 saturated heterocycles. The molecular weight excluding hydrogens is 383 g/mol. The van der Waals surface area contributed by atoms with Gasteiger partial charge in [-0.2, -0.15) is 0 Å². The first-order valence-corrected chi connectivity index (χ1v) is 8.41. The number of benzene rings is 1. The van der Waals surface area contributed by atoms with Crippen molar-refractivity contribution in [1.29, 1.82) is 0 Å². The van der Waals surface area contributed by atoms with E-state index < -0.39 is 0 Å². The molecule has 1 aliphatic rings. The van der Waals surface area contributed by atoms with E-state index in [-0.39, 0.29) is 37.5 Å². The van der Waals surface area contributed by atoms with Crippen molar-refractivity contribution >= 4 is 53.1 Å². The van der Waals surface area contributed by atoms with Crippen molar-refractivity contribution in [1.82, 2.24) is 9.88 Å². The highest BCUT2D eigenvalue weighted by Gasteiger charge is 2.22. The first-order valence-electron chi connectivity index (χ1n) is 8.03. The molecule has 140 valence electrons. The molecule has 0 unspecified atom stereocenters. The van der Waals surface area contributed by atoms with E-state index in [4.69, 9.17) is 27.4 Å². The van der Waals surface area contributed by atoms with Gasteiger partial charge >= 0.3 is 0 Å². The molecule has 0 spiro atoms. The Balaban J connectivity index is 0.00000156. The van der Waals surface area contributed by atoms with Crippen LogP contribution >= 0.6 is 36.4 Å². The van der Waals surface area contributed by atoms with E-state index in [1.54, 1.807) is 0 Å². The van der Waals surface area contributed by atoms with E-state index >= 15 is 0 Å². The van der Waals surface area contributed by atoms with E-state index in [1.165, 1.54) is 0 Å². The second kappa shape index (κ2) is 9.76. The number of rotatable bonds is 4. The van der Waals surface area contributed by atoms with Gasteiger partial charge in [0.1, 0.15) is 5.82 Å². The maximum atomic E-state index is 9.07. The molecule has 3 rings (SSSR count). The van der Waals surface area contributed by atoms with Crippen molar-refractivity contribution in [3.63, 3.8) is 0 Å². The van der Waals surface area contributed by atoms with Crippen LogP contribution in [0.5, 0.6) is 0 Å². The number of piperazine rings is 1. The van der Waals surface area contributed by atoms with Crippen LogP contribution in [-0.2, 0) is 0 Å². The van der Waals surface area contributed by atoms with E-state index in [9.17, 15) is 0 Å². The normalized spacial score (nSPS) is 16.2. The van der Waals surface area contributed by atoms with Crippen molar-refractivity contribution in [2.24, 2.45) is 5.73 Å². The maximum Gasteiger partial charge on any atom is 0.134 e. The lowest BCUT2D eigenvalue weighted by molar-refractivity contribution is 0.188. The molecule has 0 radical (unpaired) electrons. The zero-order valence-corrected chi connectivity index (χ0v) is 16.6. The van der Waals surface area contributed by atoms with E-state index in [0.29, 0.717) is 5.02 Å². The zero-order valence-electron chi connectivity index (χ0n) is 14.2. The summed E-state index contributed by atoms with van der Waals surface area (Å²) in [5, 5.41) is 10.8. The molecular formula is C17H25Cl3N4O. The Morgan fingerprint density at radius 3 is 2.52 bits per heavy atom. The molecule has 3 N–H and O–H groups in total. The van der Waals surface area contributed by atoms with Crippen molar-refractivity contribution in [2.45, 2.75) is 13.0 Å². The third kappa shape index (κ3) is 4.88. The number of aliphatic hydroxyl groups is 1. The topological polar surface area (TPSA) is 65.6 Å². The van der Waals surface area contributed by atoms with Crippen molar-refractivity contribution in [3.8, 4) is 0 Å². The SMILES string of the molecule is C[C@H](N)c1cc2cccc(Cl)c2nc1N1CCN(CCO)CC1.Cl.Cl. The van der Waals surface area contributed by atoms with Crippen LogP contribution in [0.4, 0.5) is 5.82 Å². The van der Waals surface area contributed by atoms with Crippen molar-refractivity contribution in [3.05, 3.63) is 34.9 Å². The van der Waals surface area contributed by atoms with Gasteiger partial charge in [-0.25, -0.2) is 4.98 Å². The standard InChI is InChI=1S/C17H23ClN4O.2ClH/c1-12(19)14-11-13-3-2-4-15(18)16(13)20-17(14)22-7-5-21(6-8-22)9-10-23;;/h2-4,11-12,23H,5-10,19H2,1H3;2*1H/t12-;;/m0../s1. The Kier molecular flexibility index (Phi) is 8.68. The third-order valence-electron chi connectivity index (χ3n) is 4.38. The second-order valence-corrected chi connectivity index (χ2v) is 6.46. The minimum absolute atomic E-state index is 0. The molecule has 0 saturated carbocycles. The van der Waals surface area contributed by atoms with Gasteiger partial charge in [-0.3, -0.25) is 4.90 Å². The van der Waals surface area contributed by atoms with Crippen LogP contribution in [0.3, 0.4) is 0 Å². The highest BCUT2D eigenvalue weighted by Crippen LogP contribution is 2.31. The first-order chi connectivity index (χ1) is 11.1. The summed E-state index contributed by atoms with van der Waals surface area (Å²) in [4.78, 5) is 9.37. The van der Waals surface area contributed by atoms with Crippen LogP contribution in [0.25, 0.3) is 10.9 Å². The predicted octanol–water partition coefficient (Wildman–Crippen LogP) is 2.87. The quantitative estimate of drug-likeness (QED) is 0.816. The second-order valence-electron chi connectivity index (χ2n) is 6.05. The Morgan fingerprint density at radius 1 is 1.24 bits per heavy atom. The van der Waals surface area contributed by atoms with Gasteiger partial charge < -0.3 is 15.7 Å². The van der Waals surface area contributed by atoms with Gasteiger partial charge in [0, 0.05) is 49.7 Å². The van der Waals surface area contributed by atoms with E-state index in [0.717, 1.165) is 55.0 Å². The number of aromatic nitrogens is 1. The minimum atomic E-state index is -0.0867. The zero-order chi connectivity index (χ0) is 16.4. The molecule has 0 bridgehead atoms. The summed E-state index contributed by atoms with van der Waals surface area (Å²) in [5.41, 5.74) is 8.06. The molecule has 0 amide bonds. The lowest BCUT2D eigenvalue weighted by atomic mass is 10.1. The van der Waals surface area contributed by atoms with Gasteiger partial charge in [-0.15, -0.1) is 24.8 Å². The Bertz CT molecular complexity index is 691. The number of hydrogen-bond acceptors (Lipinski definition) is 5. The summed E-state index contributed by atoms with van der Waals surface area (Å²) in [6.07, 6.45) is 0. The van der Waals surface area contributed by atoms with E-state index in [2.05, 4.69) is 15.9 Å². The van der Waals surface area contributed by atoms with Crippen LogP contribution in [0.1, 0.15) is 18.5 Å². The van der Waals surface area contributed by atoms with Crippen molar-refractivity contribution < 1.29 is 5.11 Å². The van der Waals surface area contributed by atoms with Gasteiger partial charge in [-0.05, 0) is 19.1 Å². The van der Waals surface area contributed by atoms with Crippen LogP contribution in [0.2, 0.25) is 5.02 Å². The highest BCUT2D eigenvalue weighted by molar-refractivity contribution is 6.35. The molecule has 1 aliphatic heterocycles. The fourth-order valence-electron chi connectivity index (χ4n) is 3.08. The average Bonchev–Trinajstić information content (AvgIpc) is 2.55. The molecule has 1 aromatic carbocycles. The summed E-state index contributed by atoms with van der Waals surface area (Å²) in [5.74, 6) is 0.934. The lowest BCUT2D eigenvalue weighted by Gasteiger charge is -2.36. The predicted molar refractivity (Wildman–Crippen MR) is 110 cm³/mol. The number of fused-ring (bicyclic) bond motifs is 1. The molecule has 2 aromatic rings. The number of aliphatic hydroxyl groups excluding tert-OH is 1. The van der Waals surface area contributed by atoms with Gasteiger partial charge in [0.2, 0.25) is 0 Å². The third-order valence-corrected chi connectivity index (χ3v) is 4.69. The molecule has 0 aliphatic carbocycles. The molecule has 1 atom stereocenters. The van der Waals surface area contributed by atoms with Crippen molar-refractivity contribution in [2.75, 3.05) is 44.2 Å². The van der Waals surface area contributed by atoms with Crippen LogP contribution in [0, 0.1) is 0 Å². The highest BCUT2D eigenvalue weighted by atomic mass is 35.5. The fourth-order valence-corrected chi connectivity index (χ4v) is 3.31. The van der Waals surface area contributed by atoms with Crippen LogP contribution < -0.4 is 10.6 Å². The molecule has 8 heteroatoms. The number of β-amino-alcohol motifs (C(OH)–C–C–N with tert-alkyl or cyclic N) is 1. The minimum Gasteiger partial charge on any atom is -0.395 e. The van der Waals surface area contributed by atoms with Gasteiger partial charge in [-0.1, -0.05) is 23.7 Å². The molecule has 25 heavy (non-hydrogen) atoms. The summed E-state index contributed by atoms with van der Waals surface area (Å²) in [7, 11) is 0. The Labute approximate surface area is 166 Å². The number of pyridine rings is 1. The van der Waals surface area contributed by atoms with Gasteiger partial charge in [0.25, 0.3) is 0 Å². The maximum absolute atomic E-state index is 9.07. The molecule has 1 aromatic heterocycles. The molecule has 2 heterocycles. The summed E-state index contributed by atoms with van der Waals surface area (Å²) in [6, 6.07) is 7.84. The average molecular weight is 408 g/mol. The van der Waals surface area contributed by atoms with Crippen LogP contribution in [0.15, 0.2) is 24.3 Å². The fraction of sp³-hybridized carbons (Fsp3) is 0.471. The number of nitrogens with zero attached hydrogens (tertiary/aromatic N) is 3. The summed E-state index contributed by atoms with van der Waals surface area (Å²) in [6.45, 7) is 6.51. The lowest BCUT2D eigenvalue weighted by Crippen LogP contribution is -2.47. The number of halogens is 3. The Hall–Kier alpha value is -0.820. The summed E-state index contributed by atoms with van der Waals surface area (Å²) >= 11 is 6.32. The van der Waals surface area contributed by atoms with Gasteiger partial charge in [0.05, 0.1) is 17.1 Å².